The van der Waals surface area contributed by atoms with Crippen LogP contribution < -0.4 is 15.8 Å². The van der Waals surface area contributed by atoms with Crippen LogP contribution in [0.15, 0.2) is 40.6 Å². The zero-order valence-electron chi connectivity index (χ0n) is 18.0. The Labute approximate surface area is 188 Å². The molecule has 1 saturated heterocycles. The van der Waals surface area contributed by atoms with Crippen molar-refractivity contribution in [3.63, 3.8) is 0 Å². The largest absolute Gasteiger partial charge is 0.368 e. The number of aryl methyl sites for hydroxylation is 1. The maximum Gasteiger partial charge on any atom is 0.275 e. The van der Waals surface area contributed by atoms with E-state index >= 15 is 0 Å². The minimum absolute atomic E-state index is 0.133. The van der Waals surface area contributed by atoms with Crippen LogP contribution in [0.1, 0.15) is 21.7 Å². The number of pyridine rings is 2. The maximum absolute atomic E-state index is 12.3. The molecule has 0 saturated carbocycles. The van der Waals surface area contributed by atoms with E-state index in [1.54, 1.807) is 18.6 Å². The van der Waals surface area contributed by atoms with Crippen LogP contribution >= 0.6 is 11.3 Å². The fourth-order valence-corrected chi connectivity index (χ4v) is 5.14. The van der Waals surface area contributed by atoms with Gasteiger partial charge in [0.05, 0.1) is 27.1 Å². The molecule has 4 aromatic rings. The molecule has 164 valence electrons. The molecule has 9 heteroatoms. The predicted octanol–water partition coefficient (Wildman–Crippen LogP) is 2.52. The summed E-state index contributed by atoms with van der Waals surface area (Å²) in [7, 11) is 1.61. The summed E-state index contributed by atoms with van der Waals surface area (Å²) >= 11 is 1.50. The van der Waals surface area contributed by atoms with Crippen LogP contribution in [0.25, 0.3) is 21.1 Å². The molecular formula is C23H24N6O2S. The van der Waals surface area contributed by atoms with Crippen molar-refractivity contribution >= 4 is 44.1 Å². The molecule has 32 heavy (non-hydrogen) atoms. The first-order valence-electron chi connectivity index (χ1n) is 10.6. The molecule has 4 heterocycles. The van der Waals surface area contributed by atoms with Gasteiger partial charge in [0, 0.05) is 45.2 Å². The van der Waals surface area contributed by atoms with Gasteiger partial charge < -0.3 is 15.2 Å². The molecular weight excluding hydrogens is 424 g/mol. The molecule has 0 bridgehead atoms. The van der Waals surface area contributed by atoms with Crippen LogP contribution in [-0.4, -0.2) is 59.0 Å². The molecule has 0 radical (unpaired) electrons. The Morgan fingerprint density at radius 2 is 2.00 bits per heavy atom. The summed E-state index contributed by atoms with van der Waals surface area (Å²) in [4.78, 5) is 40.4. The van der Waals surface area contributed by atoms with Gasteiger partial charge in [-0.2, -0.15) is 0 Å². The second-order valence-electron chi connectivity index (χ2n) is 8.01. The Hall–Kier alpha value is -3.30. The highest BCUT2D eigenvalue weighted by atomic mass is 32.1. The summed E-state index contributed by atoms with van der Waals surface area (Å²) in [6, 6.07) is 10.1. The highest BCUT2D eigenvalue weighted by Gasteiger charge is 2.20. The maximum atomic E-state index is 12.3. The van der Waals surface area contributed by atoms with Crippen molar-refractivity contribution in [2.75, 3.05) is 38.1 Å². The number of hydrogen-bond acceptors (Lipinski definition) is 7. The number of anilines is 1. The molecule has 0 atom stereocenters. The van der Waals surface area contributed by atoms with Crippen LogP contribution in [-0.2, 0) is 6.54 Å². The van der Waals surface area contributed by atoms with E-state index in [1.165, 1.54) is 16.9 Å². The van der Waals surface area contributed by atoms with Crippen LogP contribution in [0.5, 0.6) is 0 Å². The molecule has 1 aliphatic heterocycles. The zero-order chi connectivity index (χ0) is 22.2. The first kappa shape index (κ1) is 20.6. The topological polar surface area (TPSA) is 94.2 Å². The first-order valence-corrected chi connectivity index (χ1v) is 11.5. The van der Waals surface area contributed by atoms with E-state index in [2.05, 4.69) is 48.3 Å². The number of carbonyl (C=O) groups is 1. The fraction of sp³-hybridized carbons (Fsp3) is 0.304. The van der Waals surface area contributed by atoms with Gasteiger partial charge in [-0.05, 0) is 30.7 Å². The van der Waals surface area contributed by atoms with Gasteiger partial charge >= 0.3 is 0 Å². The molecule has 8 nitrogen and oxygen atoms in total. The number of nitrogens with zero attached hydrogens (tertiary/aromatic N) is 4. The quantitative estimate of drug-likeness (QED) is 0.498. The number of hydrogen-bond donors (Lipinski definition) is 2. The fourth-order valence-electron chi connectivity index (χ4n) is 4.32. The number of H-pyrrole nitrogens is 1. The Kier molecular flexibility index (Phi) is 5.36. The van der Waals surface area contributed by atoms with Crippen molar-refractivity contribution in [2.24, 2.45) is 0 Å². The molecule has 1 amide bonds. The zero-order valence-corrected chi connectivity index (χ0v) is 18.8. The van der Waals surface area contributed by atoms with Crippen molar-refractivity contribution in [3.05, 3.63) is 63.1 Å². The number of piperazine rings is 1. The Morgan fingerprint density at radius 1 is 1.19 bits per heavy atom. The third-order valence-electron chi connectivity index (χ3n) is 6.00. The number of aromatic amines is 1. The number of thiazole rings is 1. The van der Waals surface area contributed by atoms with Gasteiger partial charge in [0.2, 0.25) is 0 Å². The molecule has 3 aromatic heterocycles. The Balaban J connectivity index is 1.28. The average molecular weight is 449 g/mol. The van der Waals surface area contributed by atoms with Gasteiger partial charge in [-0.1, -0.05) is 12.1 Å². The van der Waals surface area contributed by atoms with E-state index < -0.39 is 0 Å². The summed E-state index contributed by atoms with van der Waals surface area (Å²) in [5.74, 6) is -0.169. The lowest BCUT2D eigenvalue weighted by Crippen LogP contribution is -2.46. The number of rotatable bonds is 4. The summed E-state index contributed by atoms with van der Waals surface area (Å²) < 4.78 is 0.940. The summed E-state index contributed by atoms with van der Waals surface area (Å²) in [5, 5.41) is 3.65. The third-order valence-corrected chi connectivity index (χ3v) is 6.86. The van der Waals surface area contributed by atoms with Crippen molar-refractivity contribution < 1.29 is 4.79 Å². The highest BCUT2D eigenvalue weighted by Crippen LogP contribution is 2.26. The molecule has 2 N–H and O–H groups in total. The highest BCUT2D eigenvalue weighted by molar-refractivity contribution is 7.17. The van der Waals surface area contributed by atoms with Crippen molar-refractivity contribution in [1.82, 2.24) is 25.2 Å². The van der Waals surface area contributed by atoms with Gasteiger partial charge in [0.25, 0.3) is 11.5 Å². The number of fused-ring (bicyclic) bond motifs is 3. The molecule has 0 unspecified atom stereocenters. The monoisotopic (exact) mass is 448 g/mol. The summed E-state index contributed by atoms with van der Waals surface area (Å²) in [6.07, 6.45) is 0. The van der Waals surface area contributed by atoms with Crippen molar-refractivity contribution in [3.8, 4) is 0 Å². The average Bonchev–Trinajstić information content (AvgIpc) is 3.30. The standard InChI is InChI=1S/C23H24N6O2S/c1-14-19(6-5-17(26-14)22(30)24-2)29-9-7-28(8-10-29)12-15-3-4-16-18(11-15)27-23(31)20-21(16)32-13-25-20/h3-6,11,13H,7-10,12H2,1-2H3,(H,24,30)(H,27,31). The number of amides is 1. The minimum Gasteiger partial charge on any atom is -0.368 e. The molecule has 0 spiro atoms. The third kappa shape index (κ3) is 3.74. The molecule has 0 aliphatic carbocycles. The van der Waals surface area contributed by atoms with E-state index in [0.717, 1.165) is 59.7 Å². The van der Waals surface area contributed by atoms with Crippen LogP contribution in [0.2, 0.25) is 0 Å². The smallest absolute Gasteiger partial charge is 0.275 e. The SMILES string of the molecule is CNC(=O)c1ccc(N2CCN(Cc3ccc4c(c3)[nH]c(=O)c3ncsc34)CC2)c(C)n1. The van der Waals surface area contributed by atoms with E-state index in [1.807, 2.05) is 13.0 Å². The lowest BCUT2D eigenvalue weighted by molar-refractivity contribution is 0.0958. The van der Waals surface area contributed by atoms with Crippen molar-refractivity contribution in [1.29, 1.82) is 0 Å². The predicted molar refractivity (Wildman–Crippen MR) is 128 cm³/mol. The normalized spacial score (nSPS) is 14.9. The first-order chi connectivity index (χ1) is 15.5. The van der Waals surface area contributed by atoms with Gasteiger partial charge in [0.15, 0.2) is 0 Å². The second kappa shape index (κ2) is 8.33. The van der Waals surface area contributed by atoms with E-state index in [-0.39, 0.29) is 11.5 Å². The van der Waals surface area contributed by atoms with E-state index in [4.69, 9.17) is 0 Å². The number of benzene rings is 1. The van der Waals surface area contributed by atoms with Gasteiger partial charge in [-0.3, -0.25) is 14.5 Å². The number of nitrogens with one attached hydrogen (secondary N) is 2. The van der Waals surface area contributed by atoms with E-state index in [0.29, 0.717) is 11.2 Å². The minimum atomic E-state index is -0.169. The van der Waals surface area contributed by atoms with E-state index in [9.17, 15) is 9.59 Å². The number of aromatic nitrogens is 3. The summed E-state index contributed by atoms with van der Waals surface area (Å²) in [6.45, 7) is 6.43. The van der Waals surface area contributed by atoms with Gasteiger partial charge in [0.1, 0.15) is 11.2 Å². The summed E-state index contributed by atoms with van der Waals surface area (Å²) in [5.41, 5.74) is 6.53. The lowest BCUT2D eigenvalue weighted by atomic mass is 10.1. The lowest BCUT2D eigenvalue weighted by Gasteiger charge is -2.36. The van der Waals surface area contributed by atoms with Crippen molar-refractivity contribution in [2.45, 2.75) is 13.5 Å². The van der Waals surface area contributed by atoms with Crippen LogP contribution in [0.4, 0.5) is 5.69 Å². The molecule has 1 aromatic carbocycles. The Bertz CT molecular complexity index is 1370. The molecule has 1 fully saturated rings. The molecule has 5 rings (SSSR count). The second-order valence-corrected chi connectivity index (χ2v) is 8.86. The van der Waals surface area contributed by atoms with Crippen LogP contribution in [0, 0.1) is 6.92 Å². The molecule has 1 aliphatic rings. The van der Waals surface area contributed by atoms with Gasteiger partial charge in [-0.15, -0.1) is 11.3 Å². The van der Waals surface area contributed by atoms with Crippen LogP contribution in [0.3, 0.4) is 0 Å². The Morgan fingerprint density at radius 3 is 2.75 bits per heavy atom. The van der Waals surface area contributed by atoms with Gasteiger partial charge in [-0.25, -0.2) is 9.97 Å². The number of carbonyl (C=O) groups excluding carboxylic acids is 1.